The molecule has 0 aliphatic carbocycles. The van der Waals surface area contributed by atoms with Crippen molar-refractivity contribution in [2.45, 2.75) is 18.7 Å². The highest BCUT2D eigenvalue weighted by atomic mass is 32.2. The number of allylic oxidation sites excluding steroid dienone is 1. The molecule has 0 bridgehead atoms. The summed E-state index contributed by atoms with van der Waals surface area (Å²) in [6.07, 6.45) is 1.62. The molecule has 0 fully saturated rings. The zero-order chi connectivity index (χ0) is 16.3. The number of fused-ring (bicyclic) bond motifs is 1. The first-order valence-corrected chi connectivity index (χ1v) is 7.80. The lowest BCUT2D eigenvalue weighted by Crippen LogP contribution is -2.31. The molecule has 118 valence electrons. The van der Waals surface area contributed by atoms with Crippen LogP contribution in [0.25, 0.3) is 0 Å². The molecule has 0 N–H and O–H groups in total. The van der Waals surface area contributed by atoms with Gasteiger partial charge in [-0.1, -0.05) is 11.8 Å². The van der Waals surface area contributed by atoms with Gasteiger partial charge in [0.2, 0.25) is 5.91 Å². The summed E-state index contributed by atoms with van der Waals surface area (Å²) < 4.78 is 5.06. The molecule has 0 unspecified atom stereocenters. The summed E-state index contributed by atoms with van der Waals surface area (Å²) in [6.45, 7) is 4.08. The van der Waals surface area contributed by atoms with Gasteiger partial charge in [-0.25, -0.2) is 0 Å². The zero-order valence-corrected chi connectivity index (χ0v) is 14.1. The van der Waals surface area contributed by atoms with Crippen molar-refractivity contribution >= 4 is 34.8 Å². The summed E-state index contributed by atoms with van der Waals surface area (Å²) in [4.78, 5) is 27.9. The molecule has 1 aliphatic rings. The van der Waals surface area contributed by atoms with Gasteiger partial charge >= 0.3 is 0 Å². The number of anilines is 2. The number of rotatable bonds is 5. The average molecular weight is 320 g/mol. The molecule has 1 amide bonds. The third-order valence-corrected chi connectivity index (χ3v) is 4.55. The van der Waals surface area contributed by atoms with E-state index in [1.807, 2.05) is 30.1 Å². The van der Waals surface area contributed by atoms with E-state index < -0.39 is 0 Å². The van der Waals surface area contributed by atoms with Crippen LogP contribution in [0.2, 0.25) is 0 Å². The number of hydrogen-bond acceptors (Lipinski definition) is 5. The van der Waals surface area contributed by atoms with Crippen LogP contribution in [0.15, 0.2) is 34.2 Å². The molecular formula is C16H20N2O3S. The van der Waals surface area contributed by atoms with Gasteiger partial charge in [-0.2, -0.15) is 0 Å². The van der Waals surface area contributed by atoms with E-state index in [2.05, 4.69) is 0 Å². The fourth-order valence-electron chi connectivity index (χ4n) is 2.27. The van der Waals surface area contributed by atoms with Gasteiger partial charge < -0.3 is 14.5 Å². The second kappa shape index (κ2) is 6.98. The number of carbonyl (C=O) groups excluding carboxylic acids is 2. The van der Waals surface area contributed by atoms with Gasteiger partial charge in [0.1, 0.15) is 0 Å². The largest absolute Gasteiger partial charge is 0.383 e. The van der Waals surface area contributed by atoms with E-state index in [1.54, 1.807) is 36.8 Å². The second-order valence-corrected chi connectivity index (χ2v) is 6.13. The molecule has 2 rings (SSSR count). The minimum Gasteiger partial charge on any atom is -0.383 e. The predicted molar refractivity (Wildman–Crippen MR) is 89.4 cm³/mol. The van der Waals surface area contributed by atoms with E-state index >= 15 is 0 Å². The molecule has 0 aromatic heterocycles. The third kappa shape index (κ3) is 3.51. The average Bonchev–Trinajstić information content (AvgIpc) is 2.75. The Morgan fingerprint density at radius 1 is 1.36 bits per heavy atom. The number of thioether (sulfide) groups is 1. The van der Waals surface area contributed by atoms with Crippen LogP contribution in [-0.4, -0.2) is 39.0 Å². The first-order valence-electron chi connectivity index (χ1n) is 6.99. The Labute approximate surface area is 134 Å². The van der Waals surface area contributed by atoms with Crippen LogP contribution >= 0.6 is 11.8 Å². The number of nitrogens with zero attached hydrogens (tertiary/aromatic N) is 2. The fraction of sp³-hybridized carbons (Fsp3) is 0.375. The molecule has 0 atom stereocenters. The second-order valence-electron chi connectivity index (χ2n) is 5.07. The summed E-state index contributed by atoms with van der Waals surface area (Å²) in [5, 5.41) is 0.894. The van der Waals surface area contributed by atoms with Crippen LogP contribution < -0.4 is 9.80 Å². The van der Waals surface area contributed by atoms with Gasteiger partial charge in [0.15, 0.2) is 5.78 Å². The smallest absolute Gasteiger partial charge is 0.223 e. The summed E-state index contributed by atoms with van der Waals surface area (Å²) in [7, 11) is 3.54. The van der Waals surface area contributed by atoms with Crippen LogP contribution in [0.3, 0.4) is 0 Å². The van der Waals surface area contributed by atoms with Crippen molar-refractivity contribution < 1.29 is 14.3 Å². The Hall–Kier alpha value is -1.79. The third-order valence-electron chi connectivity index (χ3n) is 3.39. The molecule has 5 nitrogen and oxygen atoms in total. The Morgan fingerprint density at radius 3 is 2.68 bits per heavy atom. The van der Waals surface area contributed by atoms with Crippen LogP contribution in [0.1, 0.15) is 13.8 Å². The van der Waals surface area contributed by atoms with Gasteiger partial charge in [0, 0.05) is 44.3 Å². The number of methoxy groups -OCH3 is 1. The lowest BCUT2D eigenvalue weighted by molar-refractivity contribution is -0.116. The normalized spacial score (nSPS) is 15.1. The summed E-state index contributed by atoms with van der Waals surface area (Å²) in [6, 6.07) is 5.88. The maximum absolute atomic E-state index is 11.8. The lowest BCUT2D eigenvalue weighted by atomic mass is 10.2. The van der Waals surface area contributed by atoms with Crippen molar-refractivity contribution in [3.63, 3.8) is 0 Å². The number of ether oxygens (including phenoxy) is 1. The van der Waals surface area contributed by atoms with Crippen LogP contribution in [0.5, 0.6) is 0 Å². The number of ketones is 1. The van der Waals surface area contributed by atoms with Crippen molar-refractivity contribution in [1.29, 1.82) is 0 Å². The highest BCUT2D eigenvalue weighted by Crippen LogP contribution is 2.46. The van der Waals surface area contributed by atoms with E-state index in [1.165, 1.54) is 6.92 Å². The molecule has 22 heavy (non-hydrogen) atoms. The molecule has 1 aromatic rings. The number of benzene rings is 1. The monoisotopic (exact) mass is 320 g/mol. The summed E-state index contributed by atoms with van der Waals surface area (Å²) in [5.41, 5.74) is 1.83. The highest BCUT2D eigenvalue weighted by molar-refractivity contribution is 8.03. The highest BCUT2D eigenvalue weighted by Gasteiger charge is 2.24. The molecular weight excluding hydrogens is 300 g/mol. The van der Waals surface area contributed by atoms with Gasteiger partial charge in [-0.3, -0.25) is 9.59 Å². The Bertz CT molecular complexity index is 628. The van der Waals surface area contributed by atoms with Gasteiger partial charge in [0.05, 0.1) is 17.3 Å². The molecule has 0 saturated carbocycles. The topological polar surface area (TPSA) is 49.9 Å². The maximum atomic E-state index is 11.8. The first kappa shape index (κ1) is 16.6. The molecule has 6 heteroatoms. The van der Waals surface area contributed by atoms with E-state index in [0.717, 1.165) is 21.3 Å². The van der Waals surface area contributed by atoms with Gasteiger partial charge in [-0.05, 0) is 25.1 Å². The van der Waals surface area contributed by atoms with Crippen molar-refractivity contribution in [3.8, 4) is 0 Å². The lowest BCUT2D eigenvalue weighted by Gasteiger charge is -2.22. The minimum atomic E-state index is -0.0233. The first-order chi connectivity index (χ1) is 10.4. The van der Waals surface area contributed by atoms with Crippen LogP contribution in [0, 0.1) is 0 Å². The van der Waals surface area contributed by atoms with Crippen molar-refractivity contribution in [2.24, 2.45) is 0 Å². The maximum Gasteiger partial charge on any atom is 0.223 e. The van der Waals surface area contributed by atoms with E-state index in [4.69, 9.17) is 4.74 Å². The van der Waals surface area contributed by atoms with Crippen molar-refractivity contribution in [3.05, 3.63) is 29.3 Å². The van der Waals surface area contributed by atoms with Crippen LogP contribution in [-0.2, 0) is 14.3 Å². The van der Waals surface area contributed by atoms with Crippen LogP contribution in [0.4, 0.5) is 11.4 Å². The Morgan fingerprint density at radius 2 is 2.09 bits per heavy atom. The number of carbonyl (C=O) groups is 2. The zero-order valence-electron chi connectivity index (χ0n) is 13.3. The molecule has 1 aromatic carbocycles. The summed E-state index contributed by atoms with van der Waals surface area (Å²) >= 11 is 1.56. The molecule has 0 spiro atoms. The molecule has 0 saturated heterocycles. The quantitative estimate of drug-likeness (QED) is 0.781. The SMILES string of the molecule is COCCN(C(C)=O)c1ccc2c(c1)N(C)C(=CC(C)=O)S2. The Kier molecular flexibility index (Phi) is 5.26. The predicted octanol–water partition coefficient (Wildman–Crippen LogP) is 2.66. The Balaban J connectivity index is 2.32. The number of hydrogen-bond donors (Lipinski definition) is 0. The van der Waals surface area contributed by atoms with Crippen molar-refractivity contribution in [2.75, 3.05) is 37.1 Å². The van der Waals surface area contributed by atoms with E-state index in [-0.39, 0.29) is 11.7 Å². The fourth-order valence-corrected chi connectivity index (χ4v) is 3.40. The number of amides is 1. The van der Waals surface area contributed by atoms with Gasteiger partial charge in [-0.15, -0.1) is 0 Å². The molecule has 1 heterocycles. The van der Waals surface area contributed by atoms with E-state index in [9.17, 15) is 9.59 Å². The van der Waals surface area contributed by atoms with Gasteiger partial charge in [0.25, 0.3) is 0 Å². The molecule has 0 radical (unpaired) electrons. The van der Waals surface area contributed by atoms with E-state index in [0.29, 0.717) is 13.2 Å². The molecule has 1 aliphatic heterocycles. The summed E-state index contributed by atoms with van der Waals surface area (Å²) in [5.74, 6) is -0.00218. The standard InChI is InChI=1S/C16H20N2O3S/c1-11(19)9-16-17(3)14-10-13(5-6-15(14)22-16)18(12(2)20)7-8-21-4/h5-6,9-10H,7-8H2,1-4H3. The van der Waals surface area contributed by atoms with Crippen molar-refractivity contribution in [1.82, 2.24) is 0 Å². The minimum absolute atomic E-state index is 0.0211.